The molecule has 0 fully saturated rings. The van der Waals surface area contributed by atoms with Crippen LogP contribution in [0.25, 0.3) is 61.5 Å². The first-order chi connectivity index (χ1) is 22.1. The number of aromatic nitrogens is 1. The molecule has 0 N–H and O–H groups in total. The van der Waals surface area contributed by atoms with Crippen molar-refractivity contribution in [2.45, 2.75) is 27.7 Å². The topological polar surface area (TPSA) is 4.93 Å². The van der Waals surface area contributed by atoms with E-state index in [9.17, 15) is 0 Å². The molecule has 1 heteroatoms. The van der Waals surface area contributed by atoms with E-state index < -0.39 is 0 Å². The zero-order chi connectivity index (χ0) is 31.2. The lowest BCUT2D eigenvalue weighted by Gasteiger charge is -2.14. The minimum Gasteiger partial charge on any atom is -0.309 e. The summed E-state index contributed by atoms with van der Waals surface area (Å²) in [7, 11) is 0. The number of allylic oxidation sites excluding steroid dienone is 4. The van der Waals surface area contributed by atoms with Crippen molar-refractivity contribution in [1.82, 2.24) is 4.57 Å². The molecule has 1 aromatic heterocycles. The highest BCUT2D eigenvalue weighted by atomic mass is 15.0. The van der Waals surface area contributed by atoms with Crippen LogP contribution in [-0.2, 0) is 0 Å². The maximum absolute atomic E-state index is 2.39. The lowest BCUT2D eigenvalue weighted by molar-refractivity contribution is 1.18. The van der Waals surface area contributed by atoms with Gasteiger partial charge in [-0.05, 0) is 102 Å². The summed E-state index contributed by atoms with van der Waals surface area (Å²) >= 11 is 0. The Balaban J connectivity index is 0.000000306. The van der Waals surface area contributed by atoms with Gasteiger partial charge in [0.1, 0.15) is 0 Å². The Kier molecular flexibility index (Phi) is 8.89. The third kappa shape index (κ3) is 6.03. The fourth-order valence-electron chi connectivity index (χ4n) is 6.17. The molecule has 1 nitrogen and oxygen atoms in total. The van der Waals surface area contributed by atoms with Crippen molar-refractivity contribution in [3.05, 3.63) is 174 Å². The van der Waals surface area contributed by atoms with Crippen LogP contribution in [0, 0.1) is 13.8 Å². The van der Waals surface area contributed by atoms with Gasteiger partial charge in [0, 0.05) is 16.5 Å². The smallest absolute Gasteiger partial charge is 0.0547 e. The van der Waals surface area contributed by atoms with E-state index in [0.29, 0.717) is 0 Å². The van der Waals surface area contributed by atoms with Crippen molar-refractivity contribution in [2.24, 2.45) is 0 Å². The molecule has 0 aliphatic carbocycles. The zero-order valence-corrected chi connectivity index (χ0v) is 26.5. The van der Waals surface area contributed by atoms with Gasteiger partial charge in [0.15, 0.2) is 0 Å². The van der Waals surface area contributed by atoms with Crippen LogP contribution in [0.1, 0.15) is 36.1 Å². The molecule has 0 bridgehead atoms. The number of benzene rings is 6. The van der Waals surface area contributed by atoms with Crippen molar-refractivity contribution < 1.29 is 0 Å². The average molecular weight is 582 g/mol. The Morgan fingerprint density at radius 3 is 1.89 bits per heavy atom. The Morgan fingerprint density at radius 2 is 1.13 bits per heavy atom. The first kappa shape index (κ1) is 29.7. The van der Waals surface area contributed by atoms with Crippen LogP contribution < -0.4 is 0 Å². The lowest BCUT2D eigenvalue weighted by Crippen LogP contribution is -1.94. The van der Waals surface area contributed by atoms with Crippen LogP contribution in [0.15, 0.2) is 152 Å². The van der Waals surface area contributed by atoms with Crippen LogP contribution in [0.5, 0.6) is 0 Å². The van der Waals surface area contributed by atoms with E-state index in [0.717, 1.165) is 0 Å². The Bertz CT molecular complexity index is 2190. The van der Waals surface area contributed by atoms with Gasteiger partial charge in [-0.3, -0.25) is 0 Å². The lowest BCUT2D eigenvalue weighted by atomic mass is 9.91. The van der Waals surface area contributed by atoms with E-state index in [-0.39, 0.29) is 0 Å². The molecule has 0 unspecified atom stereocenters. The summed E-state index contributed by atoms with van der Waals surface area (Å²) in [5, 5.41) is 5.14. The molecular formula is C44H39N. The fourth-order valence-corrected chi connectivity index (χ4v) is 6.17. The predicted molar refractivity (Wildman–Crippen MR) is 198 cm³/mol. The maximum atomic E-state index is 2.39. The van der Waals surface area contributed by atoms with Crippen molar-refractivity contribution in [3.63, 3.8) is 0 Å². The second kappa shape index (κ2) is 13.5. The molecule has 6 aromatic carbocycles. The largest absolute Gasteiger partial charge is 0.309 e. The molecule has 0 amide bonds. The van der Waals surface area contributed by atoms with Gasteiger partial charge in [0.05, 0.1) is 11.0 Å². The van der Waals surface area contributed by atoms with Crippen LogP contribution in [0.4, 0.5) is 0 Å². The van der Waals surface area contributed by atoms with Gasteiger partial charge in [-0.1, -0.05) is 134 Å². The summed E-state index contributed by atoms with van der Waals surface area (Å²) < 4.78 is 2.38. The Labute approximate surface area is 267 Å². The molecule has 45 heavy (non-hydrogen) atoms. The number of para-hydroxylation sites is 2. The summed E-state index contributed by atoms with van der Waals surface area (Å²) in [6.45, 7) is 8.40. The molecule has 7 aromatic rings. The molecule has 1 heterocycles. The monoisotopic (exact) mass is 581 g/mol. The number of rotatable bonds is 5. The van der Waals surface area contributed by atoms with E-state index in [1.54, 1.807) is 0 Å². The van der Waals surface area contributed by atoms with E-state index in [1.807, 2.05) is 6.92 Å². The number of hydrogen-bond acceptors (Lipinski definition) is 0. The number of fused-ring (bicyclic) bond motifs is 4. The first-order valence-electron chi connectivity index (χ1n) is 15.7. The molecule has 7 rings (SSSR count). The number of aryl methyl sites for hydroxylation is 2. The first-order valence-corrected chi connectivity index (χ1v) is 15.7. The minimum atomic E-state index is 1.18. The van der Waals surface area contributed by atoms with Gasteiger partial charge in [0.2, 0.25) is 0 Å². The molecule has 0 spiro atoms. The van der Waals surface area contributed by atoms with Crippen molar-refractivity contribution >= 4 is 44.7 Å². The van der Waals surface area contributed by atoms with Crippen LogP contribution >= 0.6 is 0 Å². The summed E-state index contributed by atoms with van der Waals surface area (Å²) in [4.78, 5) is 0. The zero-order valence-electron chi connectivity index (χ0n) is 26.5. The SMILES string of the molecule is C/C=C\C=C/c1cc2c(cc1-c1ccc(C)c3ccccc13)c1ccccc1n2-c1ccccc1.C/C=C\c1ccccc1C. The normalized spacial score (nSPS) is 11.7. The standard InChI is InChI=1S/C34H27N.C10H12/c1-3-4-6-13-25-22-34-32(23-31(25)29-21-20-24(2)27-16-9-10-17-28(27)29)30-18-11-12-19-33(30)35(34)26-14-7-5-8-15-26;1-3-6-10-8-5-4-7-9(10)2/h3-23H,1-2H3;3-8H,1-2H3/b4-3-,13-6-;6-3-. The Hall–Kier alpha value is -5.40. The highest BCUT2D eigenvalue weighted by molar-refractivity contribution is 6.12. The average Bonchev–Trinajstić information content (AvgIpc) is 3.40. The summed E-state index contributed by atoms with van der Waals surface area (Å²) in [6, 6.07) is 45.7. The highest BCUT2D eigenvalue weighted by Gasteiger charge is 2.16. The van der Waals surface area contributed by atoms with Crippen molar-refractivity contribution in [3.8, 4) is 16.8 Å². The van der Waals surface area contributed by atoms with Gasteiger partial charge >= 0.3 is 0 Å². The van der Waals surface area contributed by atoms with Crippen molar-refractivity contribution in [1.29, 1.82) is 0 Å². The predicted octanol–water partition coefficient (Wildman–Crippen LogP) is 12.5. The molecule has 220 valence electrons. The summed E-state index contributed by atoms with van der Waals surface area (Å²) in [5.41, 5.74) is 11.3. The quantitative estimate of drug-likeness (QED) is 0.178. The van der Waals surface area contributed by atoms with E-state index in [4.69, 9.17) is 0 Å². The van der Waals surface area contributed by atoms with Crippen LogP contribution in [0.2, 0.25) is 0 Å². The van der Waals surface area contributed by atoms with Gasteiger partial charge < -0.3 is 4.57 Å². The Morgan fingerprint density at radius 1 is 0.444 bits per heavy atom. The van der Waals surface area contributed by atoms with E-state index in [1.165, 1.54) is 71.6 Å². The summed E-state index contributed by atoms with van der Waals surface area (Å²) in [5.74, 6) is 0. The molecule has 0 saturated heterocycles. The fraction of sp³-hybridized carbons (Fsp3) is 0.0909. The number of hydrogen-bond donors (Lipinski definition) is 0. The molecule has 0 saturated carbocycles. The number of nitrogens with zero attached hydrogens (tertiary/aromatic N) is 1. The van der Waals surface area contributed by atoms with Crippen LogP contribution in [0.3, 0.4) is 0 Å². The van der Waals surface area contributed by atoms with Gasteiger partial charge in [0.25, 0.3) is 0 Å². The maximum Gasteiger partial charge on any atom is 0.0547 e. The molecule has 0 aliphatic rings. The summed E-state index contributed by atoms with van der Waals surface area (Å²) in [6.07, 6.45) is 12.7. The second-order valence-electron chi connectivity index (χ2n) is 11.4. The molecular weight excluding hydrogens is 542 g/mol. The minimum absolute atomic E-state index is 1.18. The van der Waals surface area contributed by atoms with Crippen LogP contribution in [-0.4, -0.2) is 4.57 Å². The van der Waals surface area contributed by atoms with E-state index >= 15 is 0 Å². The third-order valence-electron chi connectivity index (χ3n) is 8.40. The van der Waals surface area contributed by atoms with Gasteiger partial charge in [-0.25, -0.2) is 0 Å². The van der Waals surface area contributed by atoms with E-state index in [2.05, 4.69) is 189 Å². The second-order valence-corrected chi connectivity index (χ2v) is 11.4. The molecule has 0 atom stereocenters. The van der Waals surface area contributed by atoms with Gasteiger partial charge in [-0.15, -0.1) is 0 Å². The molecule has 0 aliphatic heterocycles. The highest BCUT2D eigenvalue weighted by Crippen LogP contribution is 2.40. The molecule has 0 radical (unpaired) electrons. The van der Waals surface area contributed by atoms with Crippen molar-refractivity contribution in [2.75, 3.05) is 0 Å². The van der Waals surface area contributed by atoms with Gasteiger partial charge in [-0.2, -0.15) is 0 Å². The third-order valence-corrected chi connectivity index (χ3v) is 8.40.